The minimum Gasteiger partial charge on any atom is -0.491 e. The van der Waals surface area contributed by atoms with Gasteiger partial charge in [0.05, 0.1) is 28.0 Å². The molecule has 8 heteroatoms. The Hall–Kier alpha value is -2.05. The van der Waals surface area contributed by atoms with Gasteiger partial charge in [0.15, 0.2) is 5.75 Å². The molecule has 128 valence electrons. The van der Waals surface area contributed by atoms with Crippen LogP contribution in [0, 0.1) is 6.92 Å². The van der Waals surface area contributed by atoms with Gasteiger partial charge in [-0.2, -0.15) is 0 Å². The van der Waals surface area contributed by atoms with Crippen LogP contribution >= 0.6 is 23.2 Å². The lowest BCUT2D eigenvalue weighted by atomic mass is 10.3. The fraction of sp³-hybridized carbons (Fsp3) is 0.312. The van der Waals surface area contributed by atoms with Crippen molar-refractivity contribution in [3.05, 3.63) is 46.0 Å². The van der Waals surface area contributed by atoms with Gasteiger partial charge in [-0.05, 0) is 26.0 Å². The third kappa shape index (κ3) is 5.25. The normalized spacial score (nSPS) is 10.3. The first-order valence-electron chi connectivity index (χ1n) is 7.43. The van der Waals surface area contributed by atoms with Crippen molar-refractivity contribution in [3.63, 3.8) is 0 Å². The summed E-state index contributed by atoms with van der Waals surface area (Å²) in [4.78, 5) is 20.3. The number of ether oxygens (including phenoxy) is 1. The summed E-state index contributed by atoms with van der Waals surface area (Å²) in [5.74, 6) is 0.407. The quantitative estimate of drug-likeness (QED) is 0.811. The maximum atomic E-state index is 11.9. The molecule has 0 radical (unpaired) electrons. The van der Waals surface area contributed by atoms with Gasteiger partial charge < -0.3 is 15.4 Å². The molecule has 2 aromatic rings. The number of hydrogen-bond donors (Lipinski definition) is 2. The van der Waals surface area contributed by atoms with E-state index >= 15 is 0 Å². The van der Waals surface area contributed by atoms with Crippen LogP contribution in [-0.2, 0) is 6.42 Å². The van der Waals surface area contributed by atoms with Gasteiger partial charge in [0.25, 0.3) is 0 Å². The van der Waals surface area contributed by atoms with Crippen LogP contribution in [0.2, 0.25) is 10.0 Å². The van der Waals surface area contributed by atoms with Gasteiger partial charge in [-0.1, -0.05) is 23.2 Å². The molecule has 2 N–H and O–H groups in total. The molecule has 0 unspecified atom stereocenters. The standard InChI is InChI=1S/C16H18Cl2N4O2/c1-3-24-15-13(17)6-12(7-14(15)18)22-16(23)20-5-4-11-9-19-8-10(2)21-11/h6-9H,3-5H2,1-2H3,(H2,20,22,23). The number of halogens is 2. The summed E-state index contributed by atoms with van der Waals surface area (Å²) >= 11 is 12.2. The number of rotatable bonds is 6. The maximum absolute atomic E-state index is 11.9. The van der Waals surface area contributed by atoms with Gasteiger partial charge in [0.2, 0.25) is 0 Å². The Labute approximate surface area is 150 Å². The van der Waals surface area contributed by atoms with Crippen LogP contribution in [0.3, 0.4) is 0 Å². The number of hydrogen-bond acceptors (Lipinski definition) is 4. The van der Waals surface area contributed by atoms with Crippen molar-refractivity contribution in [3.8, 4) is 5.75 Å². The number of nitrogens with one attached hydrogen (secondary N) is 2. The molecular weight excluding hydrogens is 351 g/mol. The number of benzene rings is 1. The van der Waals surface area contributed by atoms with Crippen LogP contribution < -0.4 is 15.4 Å². The molecule has 1 aromatic carbocycles. The highest BCUT2D eigenvalue weighted by Crippen LogP contribution is 2.35. The van der Waals surface area contributed by atoms with Crippen LogP contribution in [0.5, 0.6) is 5.75 Å². The molecule has 1 heterocycles. The molecule has 2 amide bonds. The third-order valence-electron chi connectivity index (χ3n) is 3.02. The van der Waals surface area contributed by atoms with Crippen molar-refractivity contribution in [2.24, 2.45) is 0 Å². The predicted molar refractivity (Wildman–Crippen MR) is 95.1 cm³/mol. The van der Waals surface area contributed by atoms with Crippen molar-refractivity contribution in [2.75, 3.05) is 18.5 Å². The molecule has 6 nitrogen and oxygen atoms in total. The number of anilines is 1. The third-order valence-corrected chi connectivity index (χ3v) is 3.58. The monoisotopic (exact) mass is 368 g/mol. The van der Waals surface area contributed by atoms with Crippen molar-refractivity contribution in [1.82, 2.24) is 15.3 Å². The molecule has 0 aliphatic rings. The van der Waals surface area contributed by atoms with E-state index in [4.69, 9.17) is 27.9 Å². The van der Waals surface area contributed by atoms with Crippen molar-refractivity contribution in [2.45, 2.75) is 20.3 Å². The van der Waals surface area contributed by atoms with E-state index < -0.39 is 0 Å². The first kappa shape index (κ1) is 18.3. The van der Waals surface area contributed by atoms with E-state index in [9.17, 15) is 4.79 Å². The molecule has 0 saturated heterocycles. The first-order valence-corrected chi connectivity index (χ1v) is 8.19. The Morgan fingerprint density at radius 1 is 1.25 bits per heavy atom. The van der Waals surface area contributed by atoms with Crippen LogP contribution in [0.4, 0.5) is 10.5 Å². The first-order chi connectivity index (χ1) is 11.5. The number of urea groups is 1. The molecule has 1 aromatic heterocycles. The lowest BCUT2D eigenvalue weighted by molar-refractivity contribution is 0.252. The number of aromatic nitrogens is 2. The lowest BCUT2D eigenvalue weighted by Gasteiger charge is -2.12. The predicted octanol–water partition coefficient (Wildman–Crippen LogP) is 3.85. The number of nitrogens with zero attached hydrogens (tertiary/aromatic N) is 2. The van der Waals surface area contributed by atoms with E-state index in [0.29, 0.717) is 41.1 Å². The molecule has 0 spiro atoms. The molecular formula is C16H18Cl2N4O2. The van der Waals surface area contributed by atoms with E-state index in [-0.39, 0.29) is 6.03 Å². The molecule has 24 heavy (non-hydrogen) atoms. The second-order valence-electron chi connectivity index (χ2n) is 4.98. The largest absolute Gasteiger partial charge is 0.491 e. The number of carbonyl (C=O) groups is 1. The Bertz CT molecular complexity index is 702. The minimum atomic E-state index is -0.355. The van der Waals surface area contributed by atoms with Crippen LogP contribution in [0.15, 0.2) is 24.5 Å². The van der Waals surface area contributed by atoms with E-state index in [0.717, 1.165) is 11.4 Å². The summed E-state index contributed by atoms with van der Waals surface area (Å²) in [7, 11) is 0. The molecule has 0 aliphatic carbocycles. The fourth-order valence-electron chi connectivity index (χ4n) is 2.03. The van der Waals surface area contributed by atoms with Crippen molar-refractivity contribution < 1.29 is 9.53 Å². The topological polar surface area (TPSA) is 76.1 Å². The highest BCUT2D eigenvalue weighted by Gasteiger charge is 2.11. The average molecular weight is 369 g/mol. The van der Waals surface area contributed by atoms with Gasteiger partial charge >= 0.3 is 6.03 Å². The smallest absolute Gasteiger partial charge is 0.319 e. The zero-order valence-corrected chi connectivity index (χ0v) is 14.9. The second kappa shape index (κ2) is 8.70. The Balaban J connectivity index is 1.88. The minimum absolute atomic E-state index is 0.342. The number of amides is 2. The fourth-order valence-corrected chi connectivity index (χ4v) is 2.63. The number of carbonyl (C=O) groups excluding carboxylic acids is 1. The maximum Gasteiger partial charge on any atom is 0.319 e. The highest BCUT2D eigenvalue weighted by atomic mass is 35.5. The Morgan fingerprint density at radius 3 is 2.58 bits per heavy atom. The molecule has 0 atom stereocenters. The molecule has 2 rings (SSSR count). The van der Waals surface area contributed by atoms with Gasteiger partial charge in [0.1, 0.15) is 0 Å². The van der Waals surface area contributed by atoms with Gasteiger partial charge in [-0.3, -0.25) is 9.97 Å². The van der Waals surface area contributed by atoms with Crippen molar-refractivity contribution in [1.29, 1.82) is 0 Å². The highest BCUT2D eigenvalue weighted by molar-refractivity contribution is 6.37. The SMILES string of the molecule is CCOc1c(Cl)cc(NC(=O)NCCc2cncc(C)n2)cc1Cl. The van der Waals surface area contributed by atoms with Crippen LogP contribution in [0.1, 0.15) is 18.3 Å². The van der Waals surface area contributed by atoms with E-state index in [1.165, 1.54) is 0 Å². The summed E-state index contributed by atoms with van der Waals surface area (Å²) in [5, 5.41) is 6.11. The Kier molecular flexibility index (Phi) is 6.63. The summed E-state index contributed by atoms with van der Waals surface area (Å²) in [6, 6.07) is 2.82. The van der Waals surface area contributed by atoms with Crippen molar-refractivity contribution >= 4 is 34.9 Å². The molecule has 0 saturated carbocycles. The molecule has 0 bridgehead atoms. The van der Waals surface area contributed by atoms with Crippen LogP contribution in [0.25, 0.3) is 0 Å². The molecule has 0 fully saturated rings. The summed E-state index contributed by atoms with van der Waals surface area (Å²) in [6.45, 7) is 4.60. The van der Waals surface area contributed by atoms with Gasteiger partial charge in [-0.15, -0.1) is 0 Å². The summed E-state index contributed by atoms with van der Waals surface area (Å²) < 4.78 is 5.35. The lowest BCUT2D eigenvalue weighted by Crippen LogP contribution is -2.30. The van der Waals surface area contributed by atoms with Gasteiger partial charge in [-0.25, -0.2) is 4.79 Å². The molecule has 0 aliphatic heterocycles. The zero-order valence-electron chi connectivity index (χ0n) is 13.4. The number of aryl methyl sites for hydroxylation is 1. The average Bonchev–Trinajstić information content (AvgIpc) is 2.51. The summed E-state index contributed by atoms with van der Waals surface area (Å²) in [6.07, 6.45) is 3.95. The van der Waals surface area contributed by atoms with E-state index in [2.05, 4.69) is 20.6 Å². The Morgan fingerprint density at radius 2 is 1.96 bits per heavy atom. The summed E-state index contributed by atoms with van der Waals surface area (Å²) in [5.41, 5.74) is 2.15. The van der Waals surface area contributed by atoms with Crippen LogP contribution in [-0.4, -0.2) is 29.2 Å². The van der Waals surface area contributed by atoms with E-state index in [1.54, 1.807) is 24.5 Å². The van der Waals surface area contributed by atoms with E-state index in [1.807, 2.05) is 13.8 Å². The zero-order chi connectivity index (χ0) is 17.5. The second-order valence-corrected chi connectivity index (χ2v) is 5.80. The van der Waals surface area contributed by atoms with Gasteiger partial charge in [0, 0.05) is 31.0 Å².